The van der Waals surface area contributed by atoms with Crippen LogP contribution in [-0.2, 0) is 0 Å². The van der Waals surface area contributed by atoms with Crippen molar-refractivity contribution in [3.05, 3.63) is 0 Å². The number of quaternary nitrogens is 1. The molecule has 3 heteroatoms. The van der Waals surface area contributed by atoms with Crippen LogP contribution in [0.4, 0.5) is 0 Å². The molecule has 70 valence electrons. The van der Waals surface area contributed by atoms with Crippen LogP contribution in [0.1, 0.15) is 20.8 Å². The summed E-state index contributed by atoms with van der Waals surface area (Å²) < 4.78 is 1.18. The van der Waals surface area contributed by atoms with E-state index in [4.69, 9.17) is 5.73 Å². The summed E-state index contributed by atoms with van der Waals surface area (Å²) in [5, 5.41) is 0. The van der Waals surface area contributed by atoms with Gasteiger partial charge in [-0.1, -0.05) is 0 Å². The summed E-state index contributed by atoms with van der Waals surface area (Å²) in [4.78, 5) is 0. The molecule has 0 aliphatic carbocycles. The minimum absolute atomic E-state index is 0. The van der Waals surface area contributed by atoms with E-state index >= 15 is 0 Å². The van der Waals surface area contributed by atoms with E-state index in [0.717, 1.165) is 13.1 Å². The Balaban J connectivity index is 0. The van der Waals surface area contributed by atoms with E-state index in [1.807, 2.05) is 0 Å². The average Bonchev–Trinajstić information content (AvgIpc) is 2.01. The van der Waals surface area contributed by atoms with Crippen molar-refractivity contribution in [1.29, 1.82) is 0 Å². The molecule has 0 saturated heterocycles. The zero-order chi connectivity index (χ0) is 8.04. The first-order chi connectivity index (χ1) is 4.74. The number of nitrogens with zero attached hydrogens (tertiary/aromatic N) is 1. The molecule has 0 aromatic carbocycles. The largest absolute Gasteiger partial charge is 1.00 e. The first kappa shape index (κ1) is 14.0. The second-order valence-corrected chi connectivity index (χ2v) is 2.80. The van der Waals surface area contributed by atoms with Crippen molar-refractivity contribution in [2.75, 3.05) is 32.7 Å². The smallest absolute Gasteiger partial charge is 0.0911 e. The lowest BCUT2D eigenvalue weighted by atomic mass is 10.3. The Morgan fingerprint density at radius 1 is 1.00 bits per heavy atom. The van der Waals surface area contributed by atoms with Crippen LogP contribution >= 0.6 is 0 Å². The highest BCUT2D eigenvalue weighted by molar-refractivity contribution is 4.38. The Bertz CT molecular complexity index is 73.9. The van der Waals surface area contributed by atoms with Crippen LogP contribution < -0.4 is 22.7 Å². The van der Waals surface area contributed by atoms with Gasteiger partial charge in [0.1, 0.15) is 0 Å². The number of likely N-dealkylation sites (N-methyl/N-ethyl adjacent to an activating group) is 1. The molecule has 0 bridgehead atoms. The topological polar surface area (TPSA) is 26.0 Å². The summed E-state index contributed by atoms with van der Waals surface area (Å²) in [5.41, 5.74) is 5.53. The third-order valence-electron chi connectivity index (χ3n) is 2.62. The molecule has 0 heterocycles. The van der Waals surface area contributed by atoms with Gasteiger partial charge in [-0.15, -0.1) is 0 Å². The van der Waals surface area contributed by atoms with E-state index in [0.29, 0.717) is 0 Å². The standard InChI is InChI=1S/C8H21N2.BrH/c1-4-10(5-2,6-3)8-7-9;/h4-9H2,1-3H3;1H/q+1;/p-1. The molecule has 0 aliphatic rings. The first-order valence-electron chi connectivity index (χ1n) is 4.29. The fourth-order valence-electron chi connectivity index (χ4n) is 1.42. The lowest BCUT2D eigenvalue weighted by molar-refractivity contribution is -0.921. The number of nitrogens with two attached hydrogens (primary N) is 1. The van der Waals surface area contributed by atoms with Gasteiger partial charge in [0, 0.05) is 6.54 Å². The maximum atomic E-state index is 5.53. The monoisotopic (exact) mass is 224 g/mol. The normalized spacial score (nSPS) is 10.9. The molecule has 0 aromatic rings. The Kier molecular flexibility index (Phi) is 8.97. The Morgan fingerprint density at radius 2 is 1.36 bits per heavy atom. The van der Waals surface area contributed by atoms with Gasteiger partial charge in [0.15, 0.2) is 0 Å². The van der Waals surface area contributed by atoms with E-state index < -0.39 is 0 Å². The third-order valence-corrected chi connectivity index (χ3v) is 2.62. The van der Waals surface area contributed by atoms with Crippen LogP contribution in [0.15, 0.2) is 0 Å². The van der Waals surface area contributed by atoms with Crippen LogP contribution in [0.3, 0.4) is 0 Å². The van der Waals surface area contributed by atoms with E-state index in [2.05, 4.69) is 20.8 Å². The molecule has 0 spiro atoms. The van der Waals surface area contributed by atoms with Gasteiger partial charge in [-0.05, 0) is 20.8 Å². The molecular weight excluding hydrogens is 204 g/mol. The van der Waals surface area contributed by atoms with Gasteiger partial charge in [-0.3, -0.25) is 0 Å². The van der Waals surface area contributed by atoms with E-state index in [9.17, 15) is 0 Å². The highest BCUT2D eigenvalue weighted by Gasteiger charge is 2.18. The molecule has 0 fully saturated rings. The number of hydrogen-bond donors (Lipinski definition) is 1. The predicted octanol–water partition coefficient (Wildman–Crippen LogP) is -2.17. The first-order valence-corrected chi connectivity index (χ1v) is 4.29. The Hall–Kier alpha value is 0.400. The van der Waals surface area contributed by atoms with Crippen molar-refractivity contribution in [1.82, 2.24) is 0 Å². The van der Waals surface area contributed by atoms with Crippen LogP contribution in [0.2, 0.25) is 0 Å². The van der Waals surface area contributed by atoms with Crippen molar-refractivity contribution >= 4 is 0 Å². The quantitative estimate of drug-likeness (QED) is 0.529. The van der Waals surface area contributed by atoms with E-state index in [1.165, 1.54) is 24.1 Å². The van der Waals surface area contributed by atoms with Crippen molar-refractivity contribution in [2.24, 2.45) is 5.73 Å². The van der Waals surface area contributed by atoms with Crippen molar-refractivity contribution in [3.8, 4) is 0 Å². The summed E-state index contributed by atoms with van der Waals surface area (Å²) in [6, 6.07) is 0. The highest BCUT2D eigenvalue weighted by atomic mass is 79.9. The molecule has 0 radical (unpaired) electrons. The molecule has 0 rings (SSSR count). The maximum absolute atomic E-state index is 5.53. The van der Waals surface area contributed by atoms with Crippen molar-refractivity contribution in [3.63, 3.8) is 0 Å². The van der Waals surface area contributed by atoms with E-state index in [-0.39, 0.29) is 17.0 Å². The van der Waals surface area contributed by atoms with Crippen LogP contribution in [-0.4, -0.2) is 37.2 Å². The van der Waals surface area contributed by atoms with Gasteiger partial charge in [0.2, 0.25) is 0 Å². The molecule has 0 amide bonds. The summed E-state index contributed by atoms with van der Waals surface area (Å²) >= 11 is 0. The third kappa shape index (κ3) is 4.09. The zero-order valence-corrected chi connectivity index (χ0v) is 9.52. The second-order valence-electron chi connectivity index (χ2n) is 2.80. The van der Waals surface area contributed by atoms with Gasteiger partial charge >= 0.3 is 0 Å². The molecule has 0 aromatic heterocycles. The summed E-state index contributed by atoms with van der Waals surface area (Å²) in [6.07, 6.45) is 0. The number of halogens is 1. The number of rotatable bonds is 5. The van der Waals surface area contributed by atoms with Crippen LogP contribution in [0.25, 0.3) is 0 Å². The van der Waals surface area contributed by atoms with Gasteiger partial charge in [-0.2, -0.15) is 0 Å². The fraction of sp³-hybridized carbons (Fsp3) is 1.00. The Labute approximate surface area is 81.1 Å². The highest BCUT2D eigenvalue weighted by Crippen LogP contribution is 2.03. The summed E-state index contributed by atoms with van der Waals surface area (Å²) in [5.74, 6) is 0. The second kappa shape index (κ2) is 7.07. The fourth-order valence-corrected chi connectivity index (χ4v) is 1.42. The zero-order valence-electron chi connectivity index (χ0n) is 7.94. The van der Waals surface area contributed by atoms with Gasteiger partial charge in [0.25, 0.3) is 0 Å². The van der Waals surface area contributed by atoms with Gasteiger partial charge in [-0.25, -0.2) is 0 Å². The van der Waals surface area contributed by atoms with Crippen LogP contribution in [0, 0.1) is 0 Å². The van der Waals surface area contributed by atoms with Crippen LogP contribution in [0.5, 0.6) is 0 Å². The SMILES string of the molecule is CC[N+](CC)(CC)CCN.[Br-]. The van der Waals surface area contributed by atoms with Crippen molar-refractivity contribution in [2.45, 2.75) is 20.8 Å². The summed E-state index contributed by atoms with van der Waals surface area (Å²) in [7, 11) is 0. The summed E-state index contributed by atoms with van der Waals surface area (Å²) in [6.45, 7) is 12.3. The molecule has 2 N–H and O–H groups in total. The predicted molar refractivity (Wildman–Crippen MR) is 45.8 cm³/mol. The lowest BCUT2D eigenvalue weighted by Crippen LogP contribution is -3.00. The van der Waals surface area contributed by atoms with E-state index in [1.54, 1.807) is 0 Å². The molecule has 0 atom stereocenters. The lowest BCUT2D eigenvalue weighted by Gasteiger charge is -2.35. The Morgan fingerprint density at radius 3 is 1.45 bits per heavy atom. The number of hydrogen-bond acceptors (Lipinski definition) is 1. The average molecular weight is 225 g/mol. The maximum Gasteiger partial charge on any atom is 0.0911 e. The molecule has 0 aliphatic heterocycles. The molecule has 11 heavy (non-hydrogen) atoms. The van der Waals surface area contributed by atoms with Gasteiger partial charge in [0.05, 0.1) is 26.2 Å². The molecule has 0 saturated carbocycles. The molecule has 2 nitrogen and oxygen atoms in total. The minimum Gasteiger partial charge on any atom is -1.00 e. The molecular formula is C8H21BrN2. The molecule has 0 unspecified atom stereocenters. The minimum atomic E-state index is 0. The van der Waals surface area contributed by atoms with Crippen molar-refractivity contribution < 1.29 is 21.5 Å². The van der Waals surface area contributed by atoms with Gasteiger partial charge < -0.3 is 27.2 Å².